The van der Waals surface area contributed by atoms with Gasteiger partial charge in [0.15, 0.2) is 0 Å². The highest BCUT2D eigenvalue weighted by Gasteiger charge is 2.46. The minimum absolute atomic E-state index is 0.0721. The van der Waals surface area contributed by atoms with Gasteiger partial charge in [0.2, 0.25) is 11.6 Å². The van der Waals surface area contributed by atoms with Gasteiger partial charge < -0.3 is 48.0 Å². The molecule has 0 unspecified atom stereocenters. The van der Waals surface area contributed by atoms with Gasteiger partial charge in [0.25, 0.3) is 0 Å². The molecule has 10 aromatic rings. The fraction of sp³-hybridized carbons (Fsp3) is 0.371. The van der Waals surface area contributed by atoms with E-state index in [0.29, 0.717) is 39.5 Å². The average molecular weight is 1270 g/mol. The van der Waals surface area contributed by atoms with E-state index in [0.717, 1.165) is 111 Å². The maximum atomic E-state index is 12.8. The Balaban J connectivity index is 0.000000171. The van der Waals surface area contributed by atoms with Crippen LogP contribution in [0.4, 0.5) is 22.7 Å². The topological polar surface area (TPSA) is 209 Å². The van der Waals surface area contributed by atoms with Crippen LogP contribution in [0.3, 0.4) is 0 Å². The fourth-order valence-corrected chi connectivity index (χ4v) is 12.3. The zero-order chi connectivity index (χ0) is 64.4. The summed E-state index contributed by atoms with van der Waals surface area (Å²) in [6.45, 7) is 17.6. The van der Waals surface area contributed by atoms with E-state index in [1.807, 2.05) is 123 Å². The van der Waals surface area contributed by atoms with Crippen molar-refractivity contribution in [2.75, 3.05) is 98.4 Å². The van der Waals surface area contributed by atoms with Crippen molar-refractivity contribution >= 4 is 22.7 Å². The molecule has 488 valence electrons. The zero-order valence-corrected chi connectivity index (χ0v) is 53.5. The summed E-state index contributed by atoms with van der Waals surface area (Å²) < 4.78 is 44.0. The van der Waals surface area contributed by atoms with Crippen molar-refractivity contribution in [3.8, 4) is 22.9 Å². The van der Waals surface area contributed by atoms with Gasteiger partial charge in [0, 0.05) is 86.2 Å². The number of hydrogen-bond donors (Lipinski definition) is 0. The third-order valence-electron chi connectivity index (χ3n) is 18.0. The van der Waals surface area contributed by atoms with Crippen LogP contribution in [0, 0.1) is 0 Å². The molecule has 6 atom stereocenters. The minimum Gasteiger partial charge on any atom is -0.491 e. The quantitative estimate of drug-likeness (QED) is 0.0622. The van der Waals surface area contributed by atoms with Gasteiger partial charge in [-0.1, -0.05) is 74.5 Å². The normalized spacial score (nSPS) is 20.4. The number of rotatable bonds is 22. The smallest absolute Gasteiger partial charge is 0.350 e. The SMILES string of the molecule is CC[C@@H](C)n1ncn(-c2ccc(N3CCN(c4ccc(OC[C@H]5CO[C@](Cn6nccn6)(c6ccccc6)O5)cc4)CC3)cc2)c1=O.CC[C@H](C)n1ncn(-c2ccc(N3CCN(c4ccc(OC[C@H]5CO[C@](Cn6nccn6)(c6ccccc6)O5)cc4)CC3)cc2)c1=O. The van der Waals surface area contributed by atoms with Crippen LogP contribution in [0.1, 0.15) is 63.7 Å². The summed E-state index contributed by atoms with van der Waals surface area (Å²) in [5.74, 6) is -0.371. The van der Waals surface area contributed by atoms with Crippen LogP contribution in [0.5, 0.6) is 11.5 Å². The summed E-state index contributed by atoms with van der Waals surface area (Å²) >= 11 is 0. The van der Waals surface area contributed by atoms with Crippen LogP contribution in [0.15, 0.2) is 205 Å². The van der Waals surface area contributed by atoms with Gasteiger partial charge in [0.05, 0.1) is 61.5 Å². The van der Waals surface area contributed by atoms with Gasteiger partial charge in [0.1, 0.15) is 62.7 Å². The Hall–Kier alpha value is -9.88. The maximum Gasteiger partial charge on any atom is 0.350 e. The lowest BCUT2D eigenvalue weighted by atomic mass is 10.1. The van der Waals surface area contributed by atoms with E-state index in [-0.39, 0.29) is 35.7 Å². The molecule has 4 saturated heterocycles. The first kappa shape index (κ1) is 62.9. The van der Waals surface area contributed by atoms with Crippen LogP contribution in [0.2, 0.25) is 0 Å². The second kappa shape index (κ2) is 28.5. The van der Waals surface area contributed by atoms with E-state index in [1.165, 1.54) is 11.4 Å². The Morgan fingerprint density at radius 3 is 1.05 bits per heavy atom. The van der Waals surface area contributed by atoms with Crippen molar-refractivity contribution in [1.29, 1.82) is 0 Å². The Morgan fingerprint density at radius 2 is 0.734 bits per heavy atom. The summed E-state index contributed by atoms with van der Waals surface area (Å²) in [4.78, 5) is 38.3. The minimum atomic E-state index is -0.973. The molecular weight excluding hydrogens is 1190 g/mol. The Kier molecular flexibility index (Phi) is 19.1. The number of hydrogen-bond acceptors (Lipinski definition) is 18. The van der Waals surface area contributed by atoms with E-state index >= 15 is 0 Å². The van der Waals surface area contributed by atoms with Gasteiger partial charge in [-0.15, -0.1) is 0 Å². The first-order chi connectivity index (χ1) is 46.0. The largest absolute Gasteiger partial charge is 0.491 e. The molecule has 94 heavy (non-hydrogen) atoms. The van der Waals surface area contributed by atoms with Crippen molar-refractivity contribution in [2.24, 2.45) is 0 Å². The summed E-state index contributed by atoms with van der Waals surface area (Å²) in [6.07, 6.45) is 11.0. The molecule has 24 heteroatoms. The molecule has 6 aromatic carbocycles. The fourth-order valence-electron chi connectivity index (χ4n) is 12.3. The Bertz CT molecular complexity index is 3830. The van der Waals surface area contributed by atoms with Crippen LogP contribution < -0.4 is 40.5 Å². The molecular formula is C70H80N16O8. The van der Waals surface area contributed by atoms with Crippen LogP contribution in [-0.4, -0.2) is 150 Å². The second-order valence-electron chi connectivity index (χ2n) is 24.0. The predicted molar refractivity (Wildman–Crippen MR) is 356 cm³/mol. The molecule has 8 heterocycles. The van der Waals surface area contributed by atoms with E-state index in [4.69, 9.17) is 28.4 Å². The van der Waals surface area contributed by atoms with Crippen molar-refractivity contribution in [3.05, 3.63) is 227 Å². The van der Waals surface area contributed by atoms with Gasteiger partial charge in [-0.2, -0.15) is 40.2 Å². The van der Waals surface area contributed by atoms with Gasteiger partial charge in [-0.25, -0.2) is 28.1 Å². The van der Waals surface area contributed by atoms with Crippen molar-refractivity contribution in [2.45, 2.75) is 89.5 Å². The molecule has 24 nitrogen and oxygen atoms in total. The summed E-state index contributed by atoms with van der Waals surface area (Å²) in [6, 6.07) is 52.8. The standard InChI is InChI=1S/2C35H40N8O4/c2*1-3-27(2)43-34(44)41(26-38-43)31-11-9-29(10-12-31)39-19-21-40(22-20-39)30-13-15-32(16-14-30)45-23-33-24-46-35(47-33,25-42-36-17-18-37-42)28-7-5-4-6-8-28/h2*4-18,26-27,33H,3,19-25H2,1-2H3/t27-,33+,35+;27-,33-,35-/m10/s1. The highest BCUT2D eigenvalue weighted by Crippen LogP contribution is 2.38. The highest BCUT2D eigenvalue weighted by atomic mass is 16.8. The third kappa shape index (κ3) is 14.0. The van der Waals surface area contributed by atoms with E-state index in [1.54, 1.807) is 65.5 Å². The Morgan fingerprint density at radius 1 is 0.426 bits per heavy atom. The van der Waals surface area contributed by atoms with E-state index in [2.05, 4.69) is 113 Å². The molecule has 4 aliphatic heterocycles. The number of anilines is 4. The molecule has 0 N–H and O–H groups in total. The number of aromatic nitrogens is 12. The zero-order valence-electron chi connectivity index (χ0n) is 53.5. The van der Waals surface area contributed by atoms with Crippen molar-refractivity contribution in [3.63, 3.8) is 0 Å². The predicted octanol–water partition coefficient (Wildman–Crippen LogP) is 8.54. The lowest BCUT2D eigenvalue weighted by molar-refractivity contribution is -0.192. The van der Waals surface area contributed by atoms with Crippen LogP contribution >= 0.6 is 0 Å². The first-order valence-electron chi connectivity index (χ1n) is 32.4. The third-order valence-corrected chi connectivity index (χ3v) is 18.0. The second-order valence-corrected chi connectivity index (χ2v) is 24.0. The molecule has 4 aromatic heterocycles. The van der Waals surface area contributed by atoms with Gasteiger partial charge in [-0.05, 0) is 124 Å². The molecule has 0 spiro atoms. The maximum absolute atomic E-state index is 12.8. The van der Waals surface area contributed by atoms with Crippen LogP contribution in [-0.2, 0) is 43.6 Å². The molecule has 4 fully saturated rings. The molecule has 0 bridgehead atoms. The molecule has 14 rings (SSSR count). The number of nitrogens with zero attached hydrogens (tertiary/aromatic N) is 16. The molecule has 0 aliphatic carbocycles. The molecule has 0 radical (unpaired) electrons. The molecule has 0 amide bonds. The highest BCUT2D eigenvalue weighted by molar-refractivity contribution is 5.56. The van der Waals surface area contributed by atoms with E-state index < -0.39 is 11.6 Å². The number of piperazine rings is 2. The van der Waals surface area contributed by atoms with Gasteiger partial charge in [-0.3, -0.25) is 0 Å². The number of ether oxygens (including phenoxy) is 6. The van der Waals surface area contributed by atoms with Crippen molar-refractivity contribution < 1.29 is 28.4 Å². The van der Waals surface area contributed by atoms with Crippen molar-refractivity contribution in [1.82, 2.24) is 58.7 Å². The molecule has 0 saturated carbocycles. The summed E-state index contributed by atoms with van der Waals surface area (Å²) in [5, 5.41) is 25.6. The lowest BCUT2D eigenvalue weighted by Gasteiger charge is -2.37. The Labute approximate surface area is 545 Å². The number of benzene rings is 6. The van der Waals surface area contributed by atoms with Crippen LogP contribution in [0.25, 0.3) is 11.4 Å². The average Bonchev–Trinajstić information content (AvgIpc) is 1.64. The molecule has 4 aliphatic rings. The monoisotopic (exact) mass is 1270 g/mol. The summed E-state index contributed by atoms with van der Waals surface area (Å²) in [5.41, 5.74) is 7.90. The van der Waals surface area contributed by atoms with E-state index in [9.17, 15) is 9.59 Å². The lowest BCUT2D eigenvalue weighted by Crippen LogP contribution is -2.46. The first-order valence-corrected chi connectivity index (χ1v) is 32.4. The van der Waals surface area contributed by atoms with Gasteiger partial charge >= 0.3 is 11.4 Å². The summed E-state index contributed by atoms with van der Waals surface area (Å²) in [7, 11) is 0.